The van der Waals surface area contributed by atoms with E-state index in [1.54, 1.807) is 24.0 Å². The molecular formula is C20H20FNO3. The SMILES string of the molecule is CC(CF)C(C(=O)O)c1ccc(CN2Cc3ccccc3C2=O)cc1. The average molecular weight is 341 g/mol. The topological polar surface area (TPSA) is 57.6 Å². The lowest BCUT2D eigenvalue weighted by atomic mass is 9.87. The molecule has 0 saturated carbocycles. The third-order valence-corrected chi connectivity index (χ3v) is 4.69. The van der Waals surface area contributed by atoms with Crippen molar-refractivity contribution in [3.8, 4) is 0 Å². The third-order valence-electron chi connectivity index (χ3n) is 4.69. The fourth-order valence-electron chi connectivity index (χ4n) is 3.30. The monoisotopic (exact) mass is 341 g/mol. The predicted octanol–water partition coefficient (Wildman–Crippen LogP) is 3.62. The van der Waals surface area contributed by atoms with Crippen molar-refractivity contribution in [2.75, 3.05) is 6.67 Å². The van der Waals surface area contributed by atoms with Crippen molar-refractivity contribution in [1.82, 2.24) is 4.90 Å². The van der Waals surface area contributed by atoms with Crippen molar-refractivity contribution in [3.63, 3.8) is 0 Å². The maximum Gasteiger partial charge on any atom is 0.311 e. The Balaban J connectivity index is 1.74. The Morgan fingerprint density at radius 2 is 1.88 bits per heavy atom. The number of aliphatic carboxylic acids is 1. The highest BCUT2D eigenvalue weighted by Gasteiger charge is 2.28. The molecule has 2 aromatic carbocycles. The molecule has 2 aromatic rings. The molecule has 0 fully saturated rings. The standard InChI is InChI=1S/C20H20FNO3/c1-13(10-21)18(20(24)25)15-8-6-14(7-9-15)11-22-12-16-4-2-3-5-17(16)19(22)23/h2-9,13,18H,10-12H2,1H3,(H,24,25). The van der Waals surface area contributed by atoms with Gasteiger partial charge in [-0.05, 0) is 22.8 Å². The highest BCUT2D eigenvalue weighted by Crippen LogP contribution is 2.27. The first-order valence-corrected chi connectivity index (χ1v) is 8.26. The van der Waals surface area contributed by atoms with Crippen LogP contribution in [0.1, 0.15) is 39.9 Å². The second-order valence-electron chi connectivity index (χ2n) is 6.51. The molecule has 0 bridgehead atoms. The molecule has 2 atom stereocenters. The predicted molar refractivity (Wildman–Crippen MR) is 92.0 cm³/mol. The fourth-order valence-corrected chi connectivity index (χ4v) is 3.30. The molecule has 1 heterocycles. The minimum atomic E-state index is -1.02. The van der Waals surface area contributed by atoms with E-state index in [4.69, 9.17) is 0 Å². The van der Waals surface area contributed by atoms with Gasteiger partial charge in [0.15, 0.2) is 0 Å². The number of halogens is 1. The summed E-state index contributed by atoms with van der Waals surface area (Å²) in [5.41, 5.74) is 3.26. The van der Waals surface area contributed by atoms with E-state index in [0.29, 0.717) is 18.7 Å². The third kappa shape index (κ3) is 3.40. The van der Waals surface area contributed by atoms with Crippen LogP contribution in [0.3, 0.4) is 0 Å². The Kier molecular flexibility index (Phi) is 4.83. The summed E-state index contributed by atoms with van der Waals surface area (Å²) in [5.74, 6) is -2.47. The molecular weight excluding hydrogens is 321 g/mol. The Morgan fingerprint density at radius 3 is 2.48 bits per heavy atom. The number of fused-ring (bicyclic) bond motifs is 1. The molecule has 2 unspecified atom stereocenters. The number of hydrogen-bond acceptors (Lipinski definition) is 2. The van der Waals surface area contributed by atoms with Crippen molar-refractivity contribution in [3.05, 3.63) is 70.8 Å². The lowest BCUT2D eigenvalue weighted by molar-refractivity contribution is -0.140. The number of rotatable bonds is 6. The summed E-state index contributed by atoms with van der Waals surface area (Å²) in [5, 5.41) is 9.34. The zero-order valence-corrected chi connectivity index (χ0v) is 14.0. The quantitative estimate of drug-likeness (QED) is 0.873. The maximum absolute atomic E-state index is 12.9. The van der Waals surface area contributed by atoms with Gasteiger partial charge in [0.2, 0.25) is 0 Å². The van der Waals surface area contributed by atoms with Crippen LogP contribution < -0.4 is 0 Å². The van der Waals surface area contributed by atoms with Crippen LogP contribution in [0.2, 0.25) is 0 Å². The van der Waals surface area contributed by atoms with Crippen molar-refractivity contribution >= 4 is 11.9 Å². The number of amides is 1. The summed E-state index contributed by atoms with van der Waals surface area (Å²) in [4.78, 5) is 25.6. The van der Waals surface area contributed by atoms with Gasteiger partial charge in [0.05, 0.1) is 12.6 Å². The maximum atomic E-state index is 12.9. The number of benzene rings is 2. The molecule has 130 valence electrons. The molecule has 0 aromatic heterocycles. The molecule has 3 rings (SSSR count). The van der Waals surface area contributed by atoms with Crippen LogP contribution >= 0.6 is 0 Å². The number of carboxylic acid groups (broad SMARTS) is 1. The zero-order chi connectivity index (χ0) is 18.0. The van der Waals surface area contributed by atoms with Gasteiger partial charge in [-0.2, -0.15) is 0 Å². The number of alkyl halides is 1. The molecule has 25 heavy (non-hydrogen) atoms. The van der Waals surface area contributed by atoms with Crippen LogP contribution in [-0.2, 0) is 17.9 Å². The number of carbonyl (C=O) groups is 2. The molecule has 0 saturated heterocycles. The van der Waals surface area contributed by atoms with E-state index in [1.807, 2.05) is 36.4 Å². The van der Waals surface area contributed by atoms with Gasteiger partial charge >= 0.3 is 5.97 Å². The van der Waals surface area contributed by atoms with Gasteiger partial charge in [0, 0.05) is 24.6 Å². The molecule has 1 aliphatic rings. The van der Waals surface area contributed by atoms with Crippen molar-refractivity contribution in [2.45, 2.75) is 25.9 Å². The van der Waals surface area contributed by atoms with Gasteiger partial charge in [-0.3, -0.25) is 14.0 Å². The minimum Gasteiger partial charge on any atom is -0.481 e. The molecule has 4 nitrogen and oxygen atoms in total. The molecule has 0 aliphatic carbocycles. The second-order valence-corrected chi connectivity index (χ2v) is 6.51. The van der Waals surface area contributed by atoms with Gasteiger partial charge in [0.25, 0.3) is 5.91 Å². The fraction of sp³-hybridized carbons (Fsp3) is 0.300. The average Bonchev–Trinajstić information content (AvgIpc) is 2.92. The Bertz CT molecular complexity index is 788. The van der Waals surface area contributed by atoms with E-state index in [1.165, 1.54) is 0 Å². The molecule has 5 heteroatoms. The van der Waals surface area contributed by atoms with Gasteiger partial charge in [-0.25, -0.2) is 0 Å². The van der Waals surface area contributed by atoms with E-state index in [9.17, 15) is 19.1 Å². The second kappa shape index (κ2) is 7.05. The van der Waals surface area contributed by atoms with E-state index in [0.717, 1.165) is 16.7 Å². The van der Waals surface area contributed by atoms with Crippen LogP contribution in [0.25, 0.3) is 0 Å². The van der Waals surface area contributed by atoms with Crippen LogP contribution in [0, 0.1) is 5.92 Å². The Labute approximate surface area is 145 Å². The Hall–Kier alpha value is -2.69. The Morgan fingerprint density at radius 1 is 1.20 bits per heavy atom. The van der Waals surface area contributed by atoms with Crippen molar-refractivity contribution < 1.29 is 19.1 Å². The molecule has 1 N–H and O–H groups in total. The number of carbonyl (C=O) groups excluding carboxylic acids is 1. The molecule has 1 amide bonds. The minimum absolute atomic E-state index is 0.00846. The largest absolute Gasteiger partial charge is 0.481 e. The van der Waals surface area contributed by atoms with E-state index < -0.39 is 24.5 Å². The normalized spacial score (nSPS) is 15.8. The first kappa shape index (κ1) is 17.1. The van der Waals surface area contributed by atoms with Crippen LogP contribution in [-0.4, -0.2) is 28.6 Å². The van der Waals surface area contributed by atoms with Gasteiger partial charge in [-0.15, -0.1) is 0 Å². The van der Waals surface area contributed by atoms with Gasteiger partial charge < -0.3 is 10.0 Å². The van der Waals surface area contributed by atoms with E-state index in [2.05, 4.69) is 0 Å². The molecule has 1 aliphatic heterocycles. The lowest BCUT2D eigenvalue weighted by Gasteiger charge is -2.19. The van der Waals surface area contributed by atoms with Crippen LogP contribution in [0.5, 0.6) is 0 Å². The summed E-state index contributed by atoms with van der Waals surface area (Å²) in [6, 6.07) is 14.6. The van der Waals surface area contributed by atoms with Crippen molar-refractivity contribution in [1.29, 1.82) is 0 Å². The van der Waals surface area contributed by atoms with Crippen LogP contribution in [0.15, 0.2) is 48.5 Å². The summed E-state index contributed by atoms with van der Waals surface area (Å²) in [6.07, 6.45) is 0. The summed E-state index contributed by atoms with van der Waals surface area (Å²) >= 11 is 0. The zero-order valence-electron chi connectivity index (χ0n) is 14.0. The summed E-state index contributed by atoms with van der Waals surface area (Å²) < 4.78 is 12.9. The highest BCUT2D eigenvalue weighted by molar-refractivity contribution is 5.98. The summed E-state index contributed by atoms with van der Waals surface area (Å²) in [6.45, 7) is 1.95. The van der Waals surface area contributed by atoms with E-state index >= 15 is 0 Å². The number of carboxylic acids is 1. The van der Waals surface area contributed by atoms with Crippen molar-refractivity contribution in [2.24, 2.45) is 5.92 Å². The molecule has 0 spiro atoms. The van der Waals surface area contributed by atoms with E-state index in [-0.39, 0.29) is 5.91 Å². The number of hydrogen-bond donors (Lipinski definition) is 1. The highest BCUT2D eigenvalue weighted by atomic mass is 19.1. The van der Waals surface area contributed by atoms with Gasteiger partial charge in [0.1, 0.15) is 0 Å². The van der Waals surface area contributed by atoms with Gasteiger partial charge in [-0.1, -0.05) is 49.4 Å². The van der Waals surface area contributed by atoms with Crippen LogP contribution in [0.4, 0.5) is 4.39 Å². The first-order valence-electron chi connectivity index (χ1n) is 8.26. The lowest BCUT2D eigenvalue weighted by Crippen LogP contribution is -2.23. The smallest absolute Gasteiger partial charge is 0.311 e. The molecule has 0 radical (unpaired) electrons. The summed E-state index contributed by atoms with van der Waals surface area (Å²) in [7, 11) is 0. The number of nitrogens with zero attached hydrogens (tertiary/aromatic N) is 1. The first-order chi connectivity index (χ1) is 12.0.